The maximum atomic E-state index is 10.9. The average molecular weight is 260 g/mol. The summed E-state index contributed by atoms with van der Waals surface area (Å²) in [6, 6.07) is 8.53. The number of aromatic carboxylic acids is 1. The first-order chi connectivity index (χ1) is 9.15. The van der Waals surface area contributed by atoms with Crippen LogP contribution in [0.2, 0.25) is 0 Å². The highest BCUT2D eigenvalue weighted by molar-refractivity contribution is 5.87. The molecule has 1 aliphatic heterocycles. The number of hydrogen-bond acceptors (Lipinski definition) is 3. The first kappa shape index (κ1) is 12.6. The highest BCUT2D eigenvalue weighted by atomic mass is 16.4. The van der Waals surface area contributed by atoms with Gasteiger partial charge in [0.05, 0.1) is 5.56 Å². The van der Waals surface area contributed by atoms with Crippen LogP contribution in [-0.2, 0) is 0 Å². The average Bonchev–Trinajstić information content (AvgIpc) is 3.24. The smallest absolute Gasteiger partial charge is 0.335 e. The van der Waals surface area contributed by atoms with E-state index in [2.05, 4.69) is 16.8 Å². The second kappa shape index (κ2) is 4.94. The van der Waals surface area contributed by atoms with Gasteiger partial charge in [-0.3, -0.25) is 9.80 Å². The van der Waals surface area contributed by atoms with Gasteiger partial charge in [0, 0.05) is 31.7 Å². The second-order valence-corrected chi connectivity index (χ2v) is 5.65. The van der Waals surface area contributed by atoms with E-state index in [1.807, 2.05) is 12.1 Å². The van der Waals surface area contributed by atoms with Gasteiger partial charge in [0.15, 0.2) is 0 Å². The monoisotopic (exact) mass is 260 g/mol. The van der Waals surface area contributed by atoms with Crippen molar-refractivity contribution >= 4 is 5.97 Å². The summed E-state index contributed by atoms with van der Waals surface area (Å²) >= 11 is 0. The van der Waals surface area contributed by atoms with Crippen molar-refractivity contribution in [2.45, 2.75) is 24.9 Å². The van der Waals surface area contributed by atoms with Gasteiger partial charge in [-0.15, -0.1) is 0 Å². The molecule has 3 rings (SSSR count). The Balaban J connectivity index is 1.76. The van der Waals surface area contributed by atoms with Crippen LogP contribution in [-0.4, -0.2) is 53.6 Å². The molecule has 1 saturated carbocycles. The molecule has 0 aromatic heterocycles. The summed E-state index contributed by atoms with van der Waals surface area (Å²) in [6.07, 6.45) is 2.68. The molecule has 2 aliphatic rings. The van der Waals surface area contributed by atoms with Crippen molar-refractivity contribution in [1.29, 1.82) is 0 Å². The molecule has 1 heterocycles. The fourth-order valence-electron chi connectivity index (χ4n) is 2.87. The summed E-state index contributed by atoms with van der Waals surface area (Å²) in [5.41, 5.74) is 1.58. The molecule has 1 aliphatic carbocycles. The van der Waals surface area contributed by atoms with Gasteiger partial charge in [0.2, 0.25) is 0 Å². The summed E-state index contributed by atoms with van der Waals surface area (Å²) in [6.45, 7) is 3.31. The number of hydrogen-bond donors (Lipinski definition) is 1. The molecule has 0 bridgehead atoms. The molecule has 1 aromatic carbocycles. The number of rotatable bonds is 3. The van der Waals surface area contributed by atoms with Gasteiger partial charge in [-0.05, 0) is 37.6 Å². The Hall–Kier alpha value is -1.39. The second-order valence-electron chi connectivity index (χ2n) is 5.65. The van der Waals surface area contributed by atoms with Crippen LogP contribution < -0.4 is 0 Å². The molecular formula is C15H20N2O2. The Bertz CT molecular complexity index is 468. The SMILES string of the molecule is CN1CCN(C2CC2)CC1c1ccc(C(=O)O)cc1. The number of carboxylic acids is 1. The molecule has 1 aromatic rings. The van der Waals surface area contributed by atoms with Crippen molar-refractivity contribution in [3.05, 3.63) is 35.4 Å². The van der Waals surface area contributed by atoms with E-state index < -0.39 is 5.97 Å². The predicted molar refractivity (Wildman–Crippen MR) is 73.4 cm³/mol. The lowest BCUT2D eigenvalue weighted by molar-refractivity contribution is 0.0696. The molecule has 4 heteroatoms. The summed E-state index contributed by atoms with van der Waals surface area (Å²) < 4.78 is 0. The molecule has 1 saturated heterocycles. The van der Waals surface area contributed by atoms with Crippen LogP contribution in [0.5, 0.6) is 0 Å². The minimum Gasteiger partial charge on any atom is -0.478 e. The quantitative estimate of drug-likeness (QED) is 0.900. The van der Waals surface area contributed by atoms with E-state index in [1.165, 1.54) is 18.4 Å². The largest absolute Gasteiger partial charge is 0.478 e. The lowest BCUT2D eigenvalue weighted by atomic mass is 10.0. The zero-order chi connectivity index (χ0) is 13.4. The van der Waals surface area contributed by atoms with Crippen LogP contribution in [0.4, 0.5) is 0 Å². The van der Waals surface area contributed by atoms with Crippen LogP contribution in [0.15, 0.2) is 24.3 Å². The molecule has 0 radical (unpaired) electrons. The zero-order valence-corrected chi connectivity index (χ0v) is 11.2. The molecule has 1 atom stereocenters. The van der Waals surface area contributed by atoms with Crippen LogP contribution in [0.1, 0.15) is 34.8 Å². The van der Waals surface area contributed by atoms with Gasteiger partial charge < -0.3 is 5.11 Å². The fourth-order valence-corrected chi connectivity index (χ4v) is 2.87. The van der Waals surface area contributed by atoms with Crippen molar-refractivity contribution in [1.82, 2.24) is 9.80 Å². The van der Waals surface area contributed by atoms with Crippen molar-refractivity contribution < 1.29 is 9.90 Å². The van der Waals surface area contributed by atoms with Gasteiger partial charge in [0.1, 0.15) is 0 Å². The van der Waals surface area contributed by atoms with E-state index >= 15 is 0 Å². The van der Waals surface area contributed by atoms with Crippen LogP contribution in [0.25, 0.3) is 0 Å². The Morgan fingerprint density at radius 1 is 1.21 bits per heavy atom. The first-order valence-electron chi connectivity index (χ1n) is 6.92. The van der Waals surface area contributed by atoms with E-state index in [0.717, 1.165) is 25.7 Å². The maximum absolute atomic E-state index is 10.9. The Morgan fingerprint density at radius 3 is 2.47 bits per heavy atom. The van der Waals surface area contributed by atoms with E-state index in [0.29, 0.717) is 11.6 Å². The van der Waals surface area contributed by atoms with Gasteiger partial charge in [-0.1, -0.05) is 12.1 Å². The van der Waals surface area contributed by atoms with Crippen molar-refractivity contribution in [3.8, 4) is 0 Å². The third-order valence-electron chi connectivity index (χ3n) is 4.29. The van der Waals surface area contributed by atoms with E-state index in [-0.39, 0.29) is 0 Å². The fraction of sp³-hybridized carbons (Fsp3) is 0.533. The van der Waals surface area contributed by atoms with Crippen molar-refractivity contribution in [2.24, 2.45) is 0 Å². The number of likely N-dealkylation sites (N-methyl/N-ethyl adjacent to an activating group) is 1. The molecular weight excluding hydrogens is 240 g/mol. The Labute approximate surface area is 113 Å². The van der Waals surface area contributed by atoms with Crippen LogP contribution >= 0.6 is 0 Å². The lowest BCUT2D eigenvalue weighted by Crippen LogP contribution is -2.47. The Morgan fingerprint density at radius 2 is 1.89 bits per heavy atom. The van der Waals surface area contributed by atoms with Gasteiger partial charge in [-0.25, -0.2) is 4.79 Å². The molecule has 1 N–H and O–H groups in total. The molecule has 0 amide bonds. The van der Waals surface area contributed by atoms with Crippen molar-refractivity contribution in [3.63, 3.8) is 0 Å². The van der Waals surface area contributed by atoms with Crippen molar-refractivity contribution in [2.75, 3.05) is 26.7 Å². The molecule has 2 fully saturated rings. The third-order valence-corrected chi connectivity index (χ3v) is 4.29. The highest BCUT2D eigenvalue weighted by Crippen LogP contribution is 2.32. The number of carbonyl (C=O) groups is 1. The van der Waals surface area contributed by atoms with E-state index in [9.17, 15) is 4.79 Å². The predicted octanol–water partition coefficient (Wildman–Crippen LogP) is 1.84. The first-order valence-corrected chi connectivity index (χ1v) is 6.92. The summed E-state index contributed by atoms with van der Waals surface area (Å²) in [5, 5.41) is 8.94. The Kier molecular flexibility index (Phi) is 3.29. The topological polar surface area (TPSA) is 43.8 Å². The number of piperazine rings is 1. The van der Waals surface area contributed by atoms with E-state index in [1.54, 1.807) is 12.1 Å². The maximum Gasteiger partial charge on any atom is 0.335 e. The number of benzene rings is 1. The van der Waals surface area contributed by atoms with Crippen LogP contribution in [0, 0.1) is 0 Å². The standard InChI is InChI=1S/C15H20N2O2/c1-16-8-9-17(13-6-7-13)10-14(16)11-2-4-12(5-3-11)15(18)19/h2-5,13-14H,6-10H2,1H3,(H,18,19). The van der Waals surface area contributed by atoms with Gasteiger partial charge in [0.25, 0.3) is 0 Å². The summed E-state index contributed by atoms with van der Waals surface area (Å²) in [7, 11) is 2.15. The van der Waals surface area contributed by atoms with E-state index in [4.69, 9.17) is 5.11 Å². The minimum atomic E-state index is -0.858. The molecule has 102 valence electrons. The normalized spacial score (nSPS) is 25.4. The van der Waals surface area contributed by atoms with Crippen LogP contribution in [0.3, 0.4) is 0 Å². The van der Waals surface area contributed by atoms with Gasteiger partial charge >= 0.3 is 5.97 Å². The van der Waals surface area contributed by atoms with Gasteiger partial charge in [-0.2, -0.15) is 0 Å². The molecule has 1 unspecified atom stereocenters. The minimum absolute atomic E-state index is 0.362. The molecule has 19 heavy (non-hydrogen) atoms. The third kappa shape index (κ3) is 2.65. The zero-order valence-electron chi connectivity index (χ0n) is 11.2. The molecule has 4 nitrogen and oxygen atoms in total. The number of carboxylic acid groups (broad SMARTS) is 1. The highest BCUT2D eigenvalue weighted by Gasteiger charge is 2.34. The lowest BCUT2D eigenvalue weighted by Gasteiger charge is -2.40. The molecule has 0 spiro atoms. The summed E-state index contributed by atoms with van der Waals surface area (Å²) in [4.78, 5) is 15.8. The number of nitrogens with zero attached hydrogens (tertiary/aromatic N) is 2. The summed E-state index contributed by atoms with van der Waals surface area (Å²) in [5.74, 6) is -0.858.